The van der Waals surface area contributed by atoms with Crippen LogP contribution in [0.25, 0.3) is 0 Å². The topological polar surface area (TPSA) is 70.5 Å². The highest BCUT2D eigenvalue weighted by atomic mass is 32.5. The molecular weight excluding hydrogens is 287 g/mol. The molecule has 8 heteroatoms. The van der Waals surface area contributed by atoms with E-state index >= 15 is 0 Å². The molecule has 0 bridgehead atoms. The second-order valence-electron chi connectivity index (χ2n) is 3.60. The van der Waals surface area contributed by atoms with Crippen molar-refractivity contribution in [1.82, 2.24) is 9.97 Å². The van der Waals surface area contributed by atoms with Gasteiger partial charge in [-0.05, 0) is 20.8 Å². The summed E-state index contributed by atoms with van der Waals surface area (Å²) in [6.07, 6.45) is 0. The van der Waals surface area contributed by atoms with Gasteiger partial charge in [-0.2, -0.15) is 4.98 Å². The highest BCUT2D eigenvalue weighted by Gasteiger charge is 2.22. The molecule has 1 heterocycles. The molecule has 0 atom stereocenters. The van der Waals surface area contributed by atoms with Crippen LogP contribution in [-0.2, 0) is 20.9 Å². The average Bonchev–Trinajstić information content (AvgIpc) is 2.28. The fourth-order valence-electron chi connectivity index (χ4n) is 1.26. The predicted molar refractivity (Wildman–Crippen MR) is 74.9 cm³/mol. The number of carbonyl (C=O) groups excluding carboxylic acids is 1. The molecule has 19 heavy (non-hydrogen) atoms. The van der Waals surface area contributed by atoms with Gasteiger partial charge in [0, 0.05) is 30.5 Å². The van der Waals surface area contributed by atoms with Crippen LogP contribution in [0.3, 0.4) is 0 Å². The largest absolute Gasteiger partial charge is 0.406 e. The Bertz CT molecular complexity index is 499. The third-order valence-corrected chi connectivity index (χ3v) is 4.34. The van der Waals surface area contributed by atoms with E-state index in [9.17, 15) is 4.79 Å². The molecule has 0 aromatic carbocycles. The minimum atomic E-state index is -2.88. The zero-order chi connectivity index (χ0) is 14.5. The van der Waals surface area contributed by atoms with E-state index in [-0.39, 0.29) is 17.5 Å². The first-order valence-corrected chi connectivity index (χ1v) is 8.41. The fourth-order valence-corrected chi connectivity index (χ4v) is 3.26. The van der Waals surface area contributed by atoms with Gasteiger partial charge in [0.1, 0.15) is 0 Å². The summed E-state index contributed by atoms with van der Waals surface area (Å²) < 4.78 is 16.2. The van der Waals surface area contributed by atoms with Gasteiger partial charge in [-0.25, -0.2) is 4.98 Å². The molecule has 0 aliphatic heterocycles. The van der Waals surface area contributed by atoms with E-state index in [4.69, 9.17) is 25.4 Å². The Morgan fingerprint density at radius 2 is 1.89 bits per heavy atom. The van der Waals surface area contributed by atoms with Crippen molar-refractivity contribution in [2.24, 2.45) is 0 Å². The van der Waals surface area contributed by atoms with Crippen molar-refractivity contribution < 1.29 is 18.4 Å². The monoisotopic (exact) mass is 304 g/mol. The molecule has 0 N–H and O–H groups in total. The van der Waals surface area contributed by atoms with Crippen LogP contribution in [0.5, 0.6) is 5.88 Å². The van der Waals surface area contributed by atoms with Gasteiger partial charge in [0.2, 0.25) is 5.88 Å². The summed E-state index contributed by atoms with van der Waals surface area (Å²) in [4.78, 5) is 19.3. The third-order valence-electron chi connectivity index (χ3n) is 1.93. The van der Waals surface area contributed by atoms with Gasteiger partial charge in [0.25, 0.3) is 0 Å². The summed E-state index contributed by atoms with van der Waals surface area (Å²) in [5.41, 5.74) is 0.616. The first kappa shape index (κ1) is 16.2. The van der Waals surface area contributed by atoms with E-state index < -0.39 is 6.72 Å². The Morgan fingerprint density at radius 3 is 2.37 bits per heavy atom. The van der Waals surface area contributed by atoms with E-state index in [0.29, 0.717) is 18.9 Å². The van der Waals surface area contributed by atoms with Crippen LogP contribution in [0, 0.1) is 6.92 Å². The van der Waals surface area contributed by atoms with Crippen molar-refractivity contribution in [3.8, 4) is 5.88 Å². The molecule has 0 saturated carbocycles. The predicted octanol–water partition coefficient (Wildman–Crippen LogP) is 2.66. The van der Waals surface area contributed by atoms with Crippen LogP contribution >= 0.6 is 6.72 Å². The maximum Gasteiger partial charge on any atom is 0.381 e. The summed E-state index contributed by atoms with van der Waals surface area (Å²) in [5.74, 6) is 0.0437. The number of aryl methyl sites for hydroxylation is 1. The maximum atomic E-state index is 11.3. The van der Waals surface area contributed by atoms with Gasteiger partial charge < -0.3 is 4.52 Å². The molecule has 0 fully saturated rings. The molecule has 0 radical (unpaired) electrons. The van der Waals surface area contributed by atoms with Crippen molar-refractivity contribution in [2.75, 3.05) is 13.2 Å². The van der Waals surface area contributed by atoms with Crippen LogP contribution in [0.2, 0.25) is 0 Å². The lowest BCUT2D eigenvalue weighted by atomic mass is 10.3. The van der Waals surface area contributed by atoms with E-state index in [1.165, 1.54) is 6.92 Å². The summed E-state index contributed by atoms with van der Waals surface area (Å²) >= 11 is 5.23. The molecule has 1 rings (SSSR count). The smallest absolute Gasteiger partial charge is 0.381 e. The Hall–Kier alpha value is -0.880. The lowest BCUT2D eigenvalue weighted by Gasteiger charge is -2.20. The van der Waals surface area contributed by atoms with Gasteiger partial charge in [-0.1, -0.05) is 0 Å². The third kappa shape index (κ3) is 4.95. The highest BCUT2D eigenvalue weighted by Crippen LogP contribution is 2.49. The van der Waals surface area contributed by atoms with Crippen molar-refractivity contribution in [3.63, 3.8) is 0 Å². The summed E-state index contributed by atoms with van der Waals surface area (Å²) in [6, 6.07) is 1.59. The Labute approximate surface area is 117 Å². The fraction of sp³-hybridized carbons (Fsp3) is 0.545. The first-order valence-electron chi connectivity index (χ1n) is 5.85. The zero-order valence-corrected chi connectivity index (χ0v) is 13.1. The number of carbonyl (C=O) groups is 1. The SMILES string of the molecule is CCOP(=S)(OCC)Oc1cc(C)nc(C(C)=O)n1. The van der Waals surface area contributed by atoms with E-state index in [1.54, 1.807) is 26.8 Å². The van der Waals surface area contributed by atoms with Gasteiger partial charge in [-0.15, -0.1) is 0 Å². The van der Waals surface area contributed by atoms with Crippen molar-refractivity contribution in [1.29, 1.82) is 0 Å². The lowest BCUT2D eigenvalue weighted by Crippen LogP contribution is -2.07. The summed E-state index contributed by atoms with van der Waals surface area (Å²) in [5, 5.41) is 0. The molecule has 0 aliphatic carbocycles. The standard InChI is InChI=1S/C11H17N2O4PS/c1-5-15-18(19,16-6-2)17-10-7-8(3)12-11(13-10)9(4)14/h7H,5-6H2,1-4H3. The summed E-state index contributed by atoms with van der Waals surface area (Å²) in [6.45, 7) is 4.61. The number of ketones is 1. The minimum absolute atomic E-state index is 0.0875. The van der Waals surface area contributed by atoms with Crippen LogP contribution in [0.1, 0.15) is 37.1 Å². The molecule has 1 aromatic rings. The quantitative estimate of drug-likeness (QED) is 0.566. The number of rotatable bonds is 7. The van der Waals surface area contributed by atoms with Gasteiger partial charge in [-0.3, -0.25) is 13.8 Å². The van der Waals surface area contributed by atoms with Crippen molar-refractivity contribution >= 4 is 24.3 Å². The minimum Gasteiger partial charge on any atom is -0.406 e. The number of Topliss-reactive ketones (excluding diaryl/α,β-unsaturated/α-hetero) is 1. The van der Waals surface area contributed by atoms with Gasteiger partial charge >= 0.3 is 6.72 Å². The Kier molecular flexibility index (Phi) is 6.00. The number of hydrogen-bond acceptors (Lipinski definition) is 7. The molecule has 0 saturated heterocycles. The summed E-state index contributed by atoms with van der Waals surface area (Å²) in [7, 11) is 0. The molecule has 106 valence electrons. The molecule has 0 aliphatic rings. The normalized spacial score (nSPS) is 11.4. The van der Waals surface area contributed by atoms with Crippen molar-refractivity contribution in [2.45, 2.75) is 27.7 Å². The number of hydrogen-bond donors (Lipinski definition) is 0. The number of aromatic nitrogens is 2. The van der Waals surface area contributed by atoms with Gasteiger partial charge in [0.15, 0.2) is 11.6 Å². The first-order chi connectivity index (χ1) is 8.90. The highest BCUT2D eigenvalue weighted by molar-refractivity contribution is 8.07. The van der Waals surface area contributed by atoms with E-state index in [0.717, 1.165) is 0 Å². The molecule has 0 amide bonds. The van der Waals surface area contributed by atoms with E-state index in [1.807, 2.05) is 0 Å². The second-order valence-corrected chi connectivity index (χ2v) is 6.54. The van der Waals surface area contributed by atoms with Crippen LogP contribution in [0.4, 0.5) is 0 Å². The van der Waals surface area contributed by atoms with Gasteiger partial charge in [0.05, 0.1) is 13.2 Å². The number of nitrogens with zero attached hydrogens (tertiary/aromatic N) is 2. The molecule has 6 nitrogen and oxygen atoms in total. The van der Waals surface area contributed by atoms with Crippen LogP contribution in [-0.4, -0.2) is 29.0 Å². The molecule has 0 spiro atoms. The van der Waals surface area contributed by atoms with Crippen LogP contribution < -0.4 is 4.52 Å². The van der Waals surface area contributed by atoms with Crippen molar-refractivity contribution in [3.05, 3.63) is 17.6 Å². The molecular formula is C11H17N2O4PS. The molecule has 1 aromatic heterocycles. The van der Waals surface area contributed by atoms with E-state index in [2.05, 4.69) is 9.97 Å². The average molecular weight is 304 g/mol. The lowest BCUT2D eigenvalue weighted by molar-refractivity contribution is 0.100. The zero-order valence-electron chi connectivity index (χ0n) is 11.4. The molecule has 0 unspecified atom stereocenters. The maximum absolute atomic E-state index is 11.3. The second kappa shape index (κ2) is 7.05. The Balaban J connectivity index is 3.02. The van der Waals surface area contributed by atoms with Crippen LogP contribution in [0.15, 0.2) is 6.07 Å². The Morgan fingerprint density at radius 1 is 1.32 bits per heavy atom.